The van der Waals surface area contributed by atoms with E-state index in [1.807, 2.05) is 13.1 Å². The molecule has 0 aliphatic heterocycles. The second-order valence-corrected chi connectivity index (χ2v) is 3.51. The summed E-state index contributed by atoms with van der Waals surface area (Å²) in [7, 11) is 3.63. The summed E-state index contributed by atoms with van der Waals surface area (Å²) >= 11 is 0. The van der Waals surface area contributed by atoms with Crippen LogP contribution in [0.4, 0.5) is 0 Å². The number of nitrogens with one attached hydrogen (secondary N) is 2. The van der Waals surface area contributed by atoms with Gasteiger partial charge >= 0.3 is 0 Å². The highest BCUT2D eigenvalue weighted by molar-refractivity contribution is 14.0. The van der Waals surface area contributed by atoms with E-state index in [0.29, 0.717) is 5.92 Å². The lowest BCUT2D eigenvalue weighted by molar-refractivity contribution is 0.708. The van der Waals surface area contributed by atoms with Gasteiger partial charge in [-0.15, -0.1) is 24.0 Å². The minimum atomic E-state index is 0. The number of hydrogen-bond acceptors (Lipinski definition) is 1. The van der Waals surface area contributed by atoms with Crippen LogP contribution < -0.4 is 10.6 Å². The van der Waals surface area contributed by atoms with Gasteiger partial charge in [-0.05, 0) is 11.5 Å². The minimum absolute atomic E-state index is 0. The van der Waals surface area contributed by atoms with Crippen molar-refractivity contribution in [1.82, 2.24) is 10.6 Å². The summed E-state index contributed by atoms with van der Waals surface area (Å²) in [6.07, 6.45) is 0. The number of aliphatic imine (C=N–C) groups is 1. The molecule has 1 aromatic carbocycles. The second kappa shape index (κ2) is 8.38. The van der Waals surface area contributed by atoms with Gasteiger partial charge in [0.2, 0.25) is 0 Å². The summed E-state index contributed by atoms with van der Waals surface area (Å²) in [6, 6.07) is 10.5. The van der Waals surface area contributed by atoms with Crippen molar-refractivity contribution in [2.75, 3.05) is 20.6 Å². The number of hydrogen-bond donors (Lipinski definition) is 2. The molecule has 1 aromatic rings. The number of rotatable bonds is 3. The molecule has 0 radical (unpaired) electrons. The molecule has 0 saturated heterocycles. The quantitative estimate of drug-likeness (QED) is 0.506. The summed E-state index contributed by atoms with van der Waals surface area (Å²) in [5, 5.41) is 6.25. The Hall–Kier alpha value is -0.780. The number of benzene rings is 1. The van der Waals surface area contributed by atoms with Gasteiger partial charge in [-0.25, -0.2) is 0 Å². The lowest BCUT2D eigenvalue weighted by Gasteiger charge is -2.14. The topological polar surface area (TPSA) is 36.4 Å². The first-order valence-electron chi connectivity index (χ1n) is 5.21. The summed E-state index contributed by atoms with van der Waals surface area (Å²) in [5.74, 6) is 1.31. The summed E-state index contributed by atoms with van der Waals surface area (Å²) in [6.45, 7) is 3.09. The molecular weight excluding hydrogens is 313 g/mol. The van der Waals surface area contributed by atoms with Crippen LogP contribution in [0, 0.1) is 0 Å². The van der Waals surface area contributed by atoms with Gasteiger partial charge < -0.3 is 10.6 Å². The highest BCUT2D eigenvalue weighted by atomic mass is 127. The van der Waals surface area contributed by atoms with Crippen LogP contribution in [0.15, 0.2) is 35.3 Å². The Bertz CT molecular complexity index is 311. The van der Waals surface area contributed by atoms with Crippen LogP contribution in [0.1, 0.15) is 18.4 Å². The number of halogens is 1. The van der Waals surface area contributed by atoms with Gasteiger partial charge in [0.25, 0.3) is 0 Å². The molecule has 0 aromatic heterocycles. The van der Waals surface area contributed by atoms with Crippen LogP contribution in [0.5, 0.6) is 0 Å². The zero-order chi connectivity index (χ0) is 11.1. The average molecular weight is 333 g/mol. The molecule has 90 valence electrons. The monoisotopic (exact) mass is 333 g/mol. The molecule has 2 N–H and O–H groups in total. The van der Waals surface area contributed by atoms with Gasteiger partial charge in [-0.1, -0.05) is 37.3 Å². The van der Waals surface area contributed by atoms with E-state index < -0.39 is 0 Å². The molecule has 1 rings (SSSR count). The lowest BCUT2D eigenvalue weighted by Crippen LogP contribution is -2.36. The fourth-order valence-electron chi connectivity index (χ4n) is 1.43. The van der Waals surface area contributed by atoms with Gasteiger partial charge in [-0.2, -0.15) is 0 Å². The highest BCUT2D eigenvalue weighted by Gasteiger charge is 2.04. The first kappa shape index (κ1) is 15.2. The van der Waals surface area contributed by atoms with Gasteiger partial charge in [0.15, 0.2) is 5.96 Å². The average Bonchev–Trinajstić information content (AvgIpc) is 2.31. The summed E-state index contributed by atoms with van der Waals surface area (Å²) < 4.78 is 0. The Morgan fingerprint density at radius 1 is 1.31 bits per heavy atom. The third kappa shape index (κ3) is 4.83. The maximum Gasteiger partial charge on any atom is 0.190 e. The normalized spacial score (nSPS) is 12.6. The van der Waals surface area contributed by atoms with E-state index >= 15 is 0 Å². The number of guanidine groups is 1. The van der Waals surface area contributed by atoms with Gasteiger partial charge in [0, 0.05) is 20.6 Å². The van der Waals surface area contributed by atoms with Crippen molar-refractivity contribution >= 4 is 29.9 Å². The van der Waals surface area contributed by atoms with E-state index in [1.54, 1.807) is 7.05 Å². The molecule has 1 unspecified atom stereocenters. The van der Waals surface area contributed by atoms with E-state index in [1.165, 1.54) is 5.56 Å². The Morgan fingerprint density at radius 2 is 1.94 bits per heavy atom. The van der Waals surface area contributed by atoms with Crippen molar-refractivity contribution in [2.45, 2.75) is 12.8 Å². The van der Waals surface area contributed by atoms with Gasteiger partial charge in [0.05, 0.1) is 0 Å². The van der Waals surface area contributed by atoms with Crippen molar-refractivity contribution < 1.29 is 0 Å². The Morgan fingerprint density at radius 3 is 2.44 bits per heavy atom. The zero-order valence-corrected chi connectivity index (χ0v) is 12.4. The molecule has 0 spiro atoms. The third-order valence-electron chi connectivity index (χ3n) is 2.40. The van der Waals surface area contributed by atoms with E-state index in [9.17, 15) is 0 Å². The standard InChI is InChI=1S/C12H19N3.HI/c1-10(9-15-12(13-2)14-3)11-7-5-4-6-8-11;/h4-8,10H,9H2,1-3H3,(H2,13,14,15);1H. The molecule has 0 saturated carbocycles. The first-order valence-corrected chi connectivity index (χ1v) is 5.21. The summed E-state index contributed by atoms with van der Waals surface area (Å²) in [4.78, 5) is 4.07. The molecule has 0 fully saturated rings. The predicted octanol–water partition coefficient (Wildman–Crippen LogP) is 2.20. The maximum absolute atomic E-state index is 4.07. The Kier molecular flexibility index (Phi) is 7.97. The molecule has 0 bridgehead atoms. The molecule has 16 heavy (non-hydrogen) atoms. The first-order chi connectivity index (χ1) is 7.27. The highest BCUT2D eigenvalue weighted by Crippen LogP contribution is 2.12. The van der Waals surface area contributed by atoms with Gasteiger partial charge in [-0.3, -0.25) is 4.99 Å². The third-order valence-corrected chi connectivity index (χ3v) is 2.40. The zero-order valence-electron chi connectivity index (χ0n) is 10.0. The molecule has 0 amide bonds. The van der Waals surface area contributed by atoms with Crippen molar-refractivity contribution in [1.29, 1.82) is 0 Å². The molecule has 3 nitrogen and oxygen atoms in total. The Balaban J connectivity index is 0.00000225. The largest absolute Gasteiger partial charge is 0.359 e. The van der Waals surface area contributed by atoms with Crippen LogP contribution in [-0.2, 0) is 0 Å². The van der Waals surface area contributed by atoms with E-state index in [-0.39, 0.29) is 24.0 Å². The van der Waals surface area contributed by atoms with E-state index in [2.05, 4.69) is 46.8 Å². The van der Waals surface area contributed by atoms with E-state index in [0.717, 1.165) is 12.5 Å². The van der Waals surface area contributed by atoms with Gasteiger partial charge in [0.1, 0.15) is 0 Å². The number of nitrogens with zero attached hydrogens (tertiary/aromatic N) is 1. The van der Waals surface area contributed by atoms with Crippen LogP contribution in [0.2, 0.25) is 0 Å². The Labute approximate surface area is 115 Å². The fourth-order valence-corrected chi connectivity index (χ4v) is 1.43. The van der Waals surface area contributed by atoms with Crippen LogP contribution in [-0.4, -0.2) is 26.6 Å². The van der Waals surface area contributed by atoms with Crippen LogP contribution in [0.25, 0.3) is 0 Å². The molecule has 0 aliphatic carbocycles. The smallest absolute Gasteiger partial charge is 0.190 e. The van der Waals surface area contributed by atoms with Crippen LogP contribution in [0.3, 0.4) is 0 Å². The SMILES string of the molecule is CN=C(NC)NCC(C)c1ccccc1.I. The van der Waals surface area contributed by atoms with Crippen molar-refractivity contribution in [2.24, 2.45) is 4.99 Å². The van der Waals surface area contributed by atoms with Crippen molar-refractivity contribution in [3.8, 4) is 0 Å². The fraction of sp³-hybridized carbons (Fsp3) is 0.417. The maximum atomic E-state index is 4.07. The second-order valence-electron chi connectivity index (χ2n) is 3.51. The minimum Gasteiger partial charge on any atom is -0.359 e. The molecular formula is C12H20IN3. The molecule has 4 heteroatoms. The molecule has 1 atom stereocenters. The van der Waals surface area contributed by atoms with Crippen molar-refractivity contribution in [3.63, 3.8) is 0 Å². The molecule has 0 heterocycles. The lowest BCUT2D eigenvalue weighted by atomic mass is 10.0. The van der Waals surface area contributed by atoms with Crippen molar-refractivity contribution in [3.05, 3.63) is 35.9 Å². The summed E-state index contributed by atoms with van der Waals surface area (Å²) in [5.41, 5.74) is 1.34. The molecule has 0 aliphatic rings. The van der Waals surface area contributed by atoms with Crippen LogP contribution >= 0.6 is 24.0 Å². The predicted molar refractivity (Wildman–Crippen MR) is 80.7 cm³/mol. The van der Waals surface area contributed by atoms with E-state index in [4.69, 9.17) is 0 Å².